The second kappa shape index (κ2) is 6.15. The van der Waals surface area contributed by atoms with E-state index in [1.54, 1.807) is 0 Å². The van der Waals surface area contributed by atoms with Gasteiger partial charge in [0.15, 0.2) is 0 Å². The van der Waals surface area contributed by atoms with Gasteiger partial charge in [0, 0.05) is 29.8 Å². The lowest BCUT2D eigenvalue weighted by Crippen LogP contribution is -2.38. The lowest BCUT2D eigenvalue weighted by atomic mass is 9.88. The van der Waals surface area contributed by atoms with Crippen LogP contribution in [0.25, 0.3) is 0 Å². The molecule has 3 atom stereocenters. The Morgan fingerprint density at radius 3 is 2.63 bits per heavy atom. The monoisotopic (exact) mass is 280 g/mol. The van der Waals surface area contributed by atoms with Gasteiger partial charge in [0.05, 0.1) is 0 Å². The van der Waals surface area contributed by atoms with E-state index in [1.165, 1.54) is 17.7 Å². The first-order valence-electron chi connectivity index (χ1n) is 7.24. The number of rotatable bonds is 3. The zero-order valence-corrected chi connectivity index (χ0v) is 13.2. The lowest BCUT2D eigenvalue weighted by molar-refractivity contribution is 0.324. The quantitative estimate of drug-likeness (QED) is 0.897. The van der Waals surface area contributed by atoms with Crippen LogP contribution in [0.3, 0.4) is 0 Å². The van der Waals surface area contributed by atoms with E-state index in [0.29, 0.717) is 6.04 Å². The van der Waals surface area contributed by atoms with Crippen molar-refractivity contribution in [3.8, 4) is 0 Å². The predicted octanol–water partition coefficient (Wildman–Crippen LogP) is 4.10. The number of nitrogens with one attached hydrogen (secondary N) is 1. The normalized spacial score (nSPS) is 25.4. The number of nitrogens with zero attached hydrogens (tertiary/aromatic N) is 1. The number of piperidine rings is 1. The first-order valence-corrected chi connectivity index (χ1v) is 7.62. The second-order valence-electron chi connectivity index (χ2n) is 5.91. The van der Waals surface area contributed by atoms with Crippen molar-refractivity contribution in [3.63, 3.8) is 0 Å². The summed E-state index contributed by atoms with van der Waals surface area (Å²) in [5.41, 5.74) is 2.43. The van der Waals surface area contributed by atoms with Crippen molar-refractivity contribution in [1.82, 2.24) is 5.32 Å². The first kappa shape index (κ1) is 14.7. The van der Waals surface area contributed by atoms with Crippen molar-refractivity contribution in [2.24, 2.45) is 11.8 Å². The maximum atomic E-state index is 6.42. The molecule has 0 aliphatic carbocycles. The Hall–Kier alpha value is -0.730. The summed E-state index contributed by atoms with van der Waals surface area (Å²) in [5.74, 6) is 1.58. The fourth-order valence-corrected chi connectivity index (χ4v) is 3.06. The molecule has 0 bridgehead atoms. The van der Waals surface area contributed by atoms with Gasteiger partial charge < -0.3 is 10.2 Å². The molecular weight excluding hydrogens is 256 g/mol. The Morgan fingerprint density at radius 2 is 2.05 bits per heavy atom. The van der Waals surface area contributed by atoms with Crippen molar-refractivity contribution in [1.29, 1.82) is 0 Å². The summed E-state index contributed by atoms with van der Waals surface area (Å²) in [6.07, 6.45) is 1.27. The number of halogens is 1. The molecule has 3 heteroatoms. The first-order chi connectivity index (χ1) is 9.02. The van der Waals surface area contributed by atoms with Crippen LogP contribution in [0, 0.1) is 11.8 Å². The van der Waals surface area contributed by atoms with Crippen LogP contribution in [0.4, 0.5) is 5.69 Å². The molecule has 1 aliphatic rings. The molecule has 0 aromatic heterocycles. The summed E-state index contributed by atoms with van der Waals surface area (Å²) < 4.78 is 0. The van der Waals surface area contributed by atoms with Gasteiger partial charge >= 0.3 is 0 Å². The van der Waals surface area contributed by atoms with Gasteiger partial charge in [-0.1, -0.05) is 31.5 Å². The molecule has 1 N–H and O–H groups in total. The highest BCUT2D eigenvalue weighted by Crippen LogP contribution is 2.31. The molecule has 106 valence electrons. The van der Waals surface area contributed by atoms with Gasteiger partial charge in [-0.2, -0.15) is 0 Å². The standard InChI is InChI=1S/C16H25ClN2/c1-11-7-8-19(10-12(11)2)14-5-6-15(13(3)18-4)16(17)9-14/h5-6,9,11-13,18H,7-8,10H2,1-4H3. The summed E-state index contributed by atoms with van der Waals surface area (Å²) in [6.45, 7) is 9.11. The summed E-state index contributed by atoms with van der Waals surface area (Å²) in [5, 5.41) is 4.10. The fraction of sp³-hybridized carbons (Fsp3) is 0.625. The number of hydrogen-bond acceptors (Lipinski definition) is 2. The maximum Gasteiger partial charge on any atom is 0.0474 e. The van der Waals surface area contributed by atoms with Gasteiger partial charge in [-0.3, -0.25) is 0 Å². The molecule has 1 aromatic carbocycles. The van der Waals surface area contributed by atoms with Crippen LogP contribution in [0.5, 0.6) is 0 Å². The van der Waals surface area contributed by atoms with Crippen molar-refractivity contribution in [2.75, 3.05) is 25.0 Å². The minimum absolute atomic E-state index is 0.293. The topological polar surface area (TPSA) is 15.3 Å². The number of anilines is 1. The van der Waals surface area contributed by atoms with Crippen LogP contribution < -0.4 is 10.2 Å². The molecule has 19 heavy (non-hydrogen) atoms. The molecule has 0 radical (unpaired) electrons. The van der Waals surface area contributed by atoms with E-state index < -0.39 is 0 Å². The SMILES string of the molecule is CNC(C)c1ccc(N2CCC(C)C(C)C2)cc1Cl. The van der Waals surface area contributed by atoms with Gasteiger partial charge in [-0.25, -0.2) is 0 Å². The van der Waals surface area contributed by atoms with Gasteiger partial charge in [0.2, 0.25) is 0 Å². The molecule has 1 heterocycles. The molecule has 1 fully saturated rings. The largest absolute Gasteiger partial charge is 0.371 e. The van der Waals surface area contributed by atoms with Crippen molar-refractivity contribution in [3.05, 3.63) is 28.8 Å². The average Bonchev–Trinajstić information content (AvgIpc) is 2.41. The van der Waals surface area contributed by atoms with E-state index in [0.717, 1.165) is 29.9 Å². The Balaban J connectivity index is 2.16. The molecule has 1 aromatic rings. The van der Waals surface area contributed by atoms with E-state index in [-0.39, 0.29) is 0 Å². The van der Waals surface area contributed by atoms with E-state index in [4.69, 9.17) is 11.6 Å². The van der Waals surface area contributed by atoms with Crippen LogP contribution in [0.15, 0.2) is 18.2 Å². The molecule has 2 rings (SSSR count). The second-order valence-corrected chi connectivity index (χ2v) is 6.31. The summed E-state index contributed by atoms with van der Waals surface area (Å²) in [4.78, 5) is 2.46. The van der Waals surface area contributed by atoms with Crippen LogP contribution in [-0.2, 0) is 0 Å². The Kier molecular flexibility index (Phi) is 4.75. The summed E-state index contributed by atoms with van der Waals surface area (Å²) in [6, 6.07) is 6.77. The predicted molar refractivity (Wildman–Crippen MR) is 84.1 cm³/mol. The van der Waals surface area contributed by atoms with E-state index in [9.17, 15) is 0 Å². The van der Waals surface area contributed by atoms with Crippen molar-refractivity contribution >= 4 is 17.3 Å². The van der Waals surface area contributed by atoms with Gasteiger partial charge in [-0.15, -0.1) is 0 Å². The zero-order chi connectivity index (χ0) is 14.0. The zero-order valence-electron chi connectivity index (χ0n) is 12.4. The molecule has 3 unspecified atom stereocenters. The maximum absolute atomic E-state index is 6.42. The molecular formula is C16H25ClN2. The van der Waals surface area contributed by atoms with Crippen LogP contribution in [0.2, 0.25) is 5.02 Å². The van der Waals surface area contributed by atoms with E-state index in [1.807, 2.05) is 7.05 Å². The highest BCUT2D eigenvalue weighted by molar-refractivity contribution is 6.31. The Labute approximate surface area is 122 Å². The van der Waals surface area contributed by atoms with Crippen molar-refractivity contribution in [2.45, 2.75) is 33.2 Å². The average molecular weight is 281 g/mol. The third-order valence-corrected chi connectivity index (χ3v) is 4.91. The van der Waals surface area contributed by atoms with E-state index in [2.05, 4.69) is 49.2 Å². The Bertz CT molecular complexity index is 433. The molecule has 0 saturated carbocycles. The van der Waals surface area contributed by atoms with Crippen molar-refractivity contribution < 1.29 is 0 Å². The van der Waals surface area contributed by atoms with Crippen LogP contribution >= 0.6 is 11.6 Å². The third-order valence-electron chi connectivity index (χ3n) is 4.58. The molecule has 1 saturated heterocycles. The van der Waals surface area contributed by atoms with E-state index >= 15 is 0 Å². The molecule has 0 amide bonds. The molecule has 1 aliphatic heterocycles. The van der Waals surface area contributed by atoms with Gasteiger partial charge in [0.25, 0.3) is 0 Å². The molecule has 2 nitrogen and oxygen atoms in total. The minimum Gasteiger partial charge on any atom is -0.371 e. The lowest BCUT2D eigenvalue weighted by Gasteiger charge is -2.37. The van der Waals surface area contributed by atoms with Crippen LogP contribution in [0.1, 0.15) is 38.8 Å². The Morgan fingerprint density at radius 1 is 1.32 bits per heavy atom. The summed E-state index contributed by atoms with van der Waals surface area (Å²) in [7, 11) is 1.96. The summed E-state index contributed by atoms with van der Waals surface area (Å²) >= 11 is 6.42. The highest BCUT2D eigenvalue weighted by Gasteiger charge is 2.23. The minimum atomic E-state index is 0.293. The van der Waals surface area contributed by atoms with Gasteiger partial charge in [0.1, 0.15) is 0 Å². The molecule has 0 spiro atoms. The van der Waals surface area contributed by atoms with Crippen LogP contribution in [-0.4, -0.2) is 20.1 Å². The smallest absolute Gasteiger partial charge is 0.0474 e. The third kappa shape index (κ3) is 3.24. The number of hydrogen-bond donors (Lipinski definition) is 1. The fourth-order valence-electron chi connectivity index (χ4n) is 2.72. The number of benzene rings is 1. The van der Waals surface area contributed by atoms with Gasteiger partial charge in [-0.05, 0) is 49.9 Å². The highest BCUT2D eigenvalue weighted by atomic mass is 35.5.